The molecule has 0 unspecified atom stereocenters. The molecular formula is C11H14N2S. The zero-order valence-corrected chi connectivity index (χ0v) is 9.27. The maximum absolute atomic E-state index is 4.23. The van der Waals surface area contributed by atoms with Gasteiger partial charge in [-0.1, -0.05) is 26.0 Å². The monoisotopic (exact) mass is 206 g/mol. The first-order valence-electron chi connectivity index (χ1n) is 4.81. The van der Waals surface area contributed by atoms with E-state index in [0.717, 1.165) is 12.5 Å². The Kier molecular flexibility index (Phi) is 2.77. The minimum atomic E-state index is 0.639. The fourth-order valence-electron chi connectivity index (χ4n) is 1.32. The average Bonchev–Trinajstić information content (AvgIpc) is 2.04. The molecule has 0 radical (unpaired) electrons. The van der Waals surface area contributed by atoms with Crippen molar-refractivity contribution in [1.29, 1.82) is 0 Å². The van der Waals surface area contributed by atoms with Crippen molar-refractivity contribution in [1.82, 2.24) is 5.32 Å². The van der Waals surface area contributed by atoms with Gasteiger partial charge in [0.2, 0.25) is 0 Å². The molecule has 1 heterocycles. The summed E-state index contributed by atoms with van der Waals surface area (Å²) in [7, 11) is 0. The zero-order chi connectivity index (χ0) is 9.97. The molecule has 1 aromatic rings. The Hall–Kier alpha value is -0.960. The number of nitrogens with zero attached hydrogens (tertiary/aromatic N) is 1. The molecule has 2 rings (SSSR count). The van der Waals surface area contributed by atoms with Gasteiger partial charge in [0.1, 0.15) is 12.5 Å². The van der Waals surface area contributed by atoms with E-state index >= 15 is 0 Å². The third-order valence-corrected chi connectivity index (χ3v) is 3.00. The Morgan fingerprint density at radius 1 is 1.29 bits per heavy atom. The van der Waals surface area contributed by atoms with E-state index < -0.39 is 0 Å². The fourth-order valence-corrected chi connectivity index (χ4v) is 2.15. The molecule has 0 bridgehead atoms. The third kappa shape index (κ3) is 2.10. The van der Waals surface area contributed by atoms with Crippen LogP contribution in [0.15, 0.2) is 34.2 Å². The first kappa shape index (κ1) is 9.59. The quantitative estimate of drug-likeness (QED) is 0.768. The molecule has 1 aromatic carbocycles. The molecule has 1 aliphatic heterocycles. The van der Waals surface area contributed by atoms with E-state index in [2.05, 4.69) is 48.4 Å². The van der Waals surface area contributed by atoms with E-state index in [9.17, 15) is 0 Å². The average molecular weight is 206 g/mol. The molecule has 0 saturated carbocycles. The highest BCUT2D eigenvalue weighted by molar-refractivity contribution is 7.99. The van der Waals surface area contributed by atoms with E-state index in [-0.39, 0.29) is 0 Å². The standard InChI is InChI=1S/C11H14N2S/c1-8(2)14-10-5-3-9(4-6-10)11-12-7-13-11/h3-6,8H,7H2,1-2H3,(H,12,13). The van der Waals surface area contributed by atoms with Crippen LogP contribution in [0.2, 0.25) is 0 Å². The van der Waals surface area contributed by atoms with E-state index in [1.165, 1.54) is 10.5 Å². The van der Waals surface area contributed by atoms with Crippen molar-refractivity contribution in [3.05, 3.63) is 29.8 Å². The molecular weight excluding hydrogens is 192 g/mol. The van der Waals surface area contributed by atoms with E-state index in [0.29, 0.717) is 5.25 Å². The first-order chi connectivity index (χ1) is 6.75. The summed E-state index contributed by atoms with van der Waals surface area (Å²) < 4.78 is 0. The first-order valence-corrected chi connectivity index (χ1v) is 5.69. The van der Waals surface area contributed by atoms with Gasteiger partial charge >= 0.3 is 0 Å². The highest BCUT2D eigenvalue weighted by Gasteiger charge is 2.08. The third-order valence-electron chi connectivity index (χ3n) is 1.98. The number of aliphatic imine (C=N–C) groups is 1. The summed E-state index contributed by atoms with van der Waals surface area (Å²) in [6.07, 6.45) is 0. The van der Waals surface area contributed by atoms with E-state index in [1.807, 2.05) is 11.8 Å². The lowest BCUT2D eigenvalue weighted by Crippen LogP contribution is -2.34. The predicted octanol–water partition coefficient (Wildman–Crippen LogP) is 2.49. The highest BCUT2D eigenvalue weighted by Crippen LogP contribution is 2.23. The highest BCUT2D eigenvalue weighted by atomic mass is 32.2. The van der Waals surface area contributed by atoms with Crippen LogP contribution >= 0.6 is 11.8 Å². The van der Waals surface area contributed by atoms with Crippen LogP contribution in [0.25, 0.3) is 0 Å². The van der Waals surface area contributed by atoms with E-state index in [1.54, 1.807) is 0 Å². The Labute approximate surface area is 88.8 Å². The second kappa shape index (κ2) is 4.05. The van der Waals surface area contributed by atoms with Gasteiger partial charge in [0.15, 0.2) is 0 Å². The topological polar surface area (TPSA) is 24.4 Å². The predicted molar refractivity (Wildman–Crippen MR) is 62.0 cm³/mol. The van der Waals surface area contributed by atoms with Crippen LogP contribution in [0.5, 0.6) is 0 Å². The van der Waals surface area contributed by atoms with Crippen LogP contribution in [0.3, 0.4) is 0 Å². The zero-order valence-electron chi connectivity index (χ0n) is 8.45. The minimum Gasteiger partial charge on any atom is -0.351 e. The number of thioether (sulfide) groups is 1. The summed E-state index contributed by atoms with van der Waals surface area (Å²) in [6, 6.07) is 8.55. The molecule has 0 spiro atoms. The number of hydrogen-bond donors (Lipinski definition) is 1. The van der Waals surface area contributed by atoms with Gasteiger partial charge in [-0.25, -0.2) is 4.99 Å². The van der Waals surface area contributed by atoms with Crippen LogP contribution in [-0.4, -0.2) is 17.8 Å². The lowest BCUT2D eigenvalue weighted by atomic mass is 10.2. The van der Waals surface area contributed by atoms with Crippen LogP contribution in [0, 0.1) is 0 Å². The normalized spacial score (nSPS) is 14.6. The Balaban J connectivity index is 2.09. The molecule has 0 amide bonds. The van der Waals surface area contributed by atoms with Crippen molar-refractivity contribution in [3.63, 3.8) is 0 Å². The molecule has 0 aliphatic carbocycles. The molecule has 0 aromatic heterocycles. The van der Waals surface area contributed by atoms with Gasteiger partial charge in [-0.2, -0.15) is 0 Å². The molecule has 14 heavy (non-hydrogen) atoms. The van der Waals surface area contributed by atoms with Crippen LogP contribution in [0.4, 0.5) is 0 Å². The second-order valence-corrected chi connectivity index (χ2v) is 5.18. The SMILES string of the molecule is CC(C)Sc1ccc(C2=NCN2)cc1. The molecule has 3 heteroatoms. The summed E-state index contributed by atoms with van der Waals surface area (Å²) >= 11 is 1.88. The molecule has 0 saturated heterocycles. The summed E-state index contributed by atoms with van der Waals surface area (Å²) in [4.78, 5) is 5.55. The molecule has 0 fully saturated rings. The Morgan fingerprint density at radius 2 is 1.93 bits per heavy atom. The lowest BCUT2D eigenvalue weighted by Gasteiger charge is -2.16. The second-order valence-electron chi connectivity index (χ2n) is 3.53. The van der Waals surface area contributed by atoms with Gasteiger partial charge in [-0.15, -0.1) is 11.8 Å². The van der Waals surface area contributed by atoms with E-state index in [4.69, 9.17) is 0 Å². The largest absolute Gasteiger partial charge is 0.351 e. The maximum Gasteiger partial charge on any atom is 0.131 e. The Bertz CT molecular complexity index is 341. The fraction of sp³-hybridized carbons (Fsp3) is 0.364. The lowest BCUT2D eigenvalue weighted by molar-refractivity contribution is 0.836. The van der Waals surface area contributed by atoms with Gasteiger partial charge < -0.3 is 5.32 Å². The van der Waals surface area contributed by atoms with Gasteiger partial charge in [-0.3, -0.25) is 0 Å². The summed E-state index contributed by atoms with van der Waals surface area (Å²) in [6.45, 7) is 5.17. The number of hydrogen-bond acceptors (Lipinski definition) is 3. The van der Waals surface area contributed by atoms with Crippen molar-refractivity contribution in [2.75, 3.05) is 6.67 Å². The molecule has 1 N–H and O–H groups in total. The summed E-state index contributed by atoms with van der Waals surface area (Å²) in [5.41, 5.74) is 1.18. The van der Waals surface area contributed by atoms with Crippen molar-refractivity contribution < 1.29 is 0 Å². The van der Waals surface area contributed by atoms with Crippen LogP contribution in [0.1, 0.15) is 19.4 Å². The van der Waals surface area contributed by atoms with Crippen molar-refractivity contribution in [2.24, 2.45) is 4.99 Å². The molecule has 74 valence electrons. The summed E-state index contributed by atoms with van der Waals surface area (Å²) in [5, 5.41) is 3.80. The van der Waals surface area contributed by atoms with Crippen molar-refractivity contribution in [3.8, 4) is 0 Å². The maximum atomic E-state index is 4.23. The smallest absolute Gasteiger partial charge is 0.131 e. The molecule has 2 nitrogen and oxygen atoms in total. The Morgan fingerprint density at radius 3 is 2.36 bits per heavy atom. The minimum absolute atomic E-state index is 0.639. The number of benzene rings is 1. The molecule has 0 atom stereocenters. The number of nitrogens with one attached hydrogen (secondary N) is 1. The summed E-state index contributed by atoms with van der Waals surface area (Å²) in [5.74, 6) is 1.02. The van der Waals surface area contributed by atoms with Gasteiger partial charge in [0, 0.05) is 15.7 Å². The van der Waals surface area contributed by atoms with Crippen molar-refractivity contribution in [2.45, 2.75) is 24.0 Å². The van der Waals surface area contributed by atoms with Crippen LogP contribution in [-0.2, 0) is 0 Å². The van der Waals surface area contributed by atoms with Crippen LogP contribution < -0.4 is 5.32 Å². The molecule has 1 aliphatic rings. The number of amidine groups is 1. The number of rotatable bonds is 3. The van der Waals surface area contributed by atoms with Gasteiger partial charge in [0.25, 0.3) is 0 Å². The van der Waals surface area contributed by atoms with Crippen molar-refractivity contribution >= 4 is 17.6 Å². The van der Waals surface area contributed by atoms with Gasteiger partial charge in [0.05, 0.1) is 0 Å². The van der Waals surface area contributed by atoms with Gasteiger partial charge in [-0.05, 0) is 12.1 Å².